The van der Waals surface area contributed by atoms with Gasteiger partial charge >= 0.3 is 5.97 Å². The molecular weight excluding hydrogens is 212 g/mol. The molecule has 0 saturated carbocycles. The van der Waals surface area contributed by atoms with E-state index in [9.17, 15) is 4.79 Å². The SMILES string of the molecule is CCCC(OC)c1noc(CC(=O)OC)n1. The monoisotopic (exact) mass is 228 g/mol. The first-order chi connectivity index (χ1) is 7.71. The average molecular weight is 228 g/mol. The van der Waals surface area contributed by atoms with Crippen LogP contribution in [-0.4, -0.2) is 30.3 Å². The Morgan fingerprint density at radius 1 is 1.50 bits per heavy atom. The molecule has 0 spiro atoms. The van der Waals surface area contributed by atoms with Gasteiger partial charge in [-0.15, -0.1) is 0 Å². The molecule has 0 N–H and O–H groups in total. The van der Waals surface area contributed by atoms with Crippen LogP contribution in [0.4, 0.5) is 0 Å². The summed E-state index contributed by atoms with van der Waals surface area (Å²) >= 11 is 0. The highest BCUT2D eigenvalue weighted by atomic mass is 16.5. The van der Waals surface area contributed by atoms with Crippen LogP contribution in [0.1, 0.15) is 37.6 Å². The van der Waals surface area contributed by atoms with Crippen molar-refractivity contribution in [3.8, 4) is 0 Å². The van der Waals surface area contributed by atoms with E-state index in [1.54, 1.807) is 7.11 Å². The minimum absolute atomic E-state index is 0.00788. The Labute approximate surface area is 93.9 Å². The molecule has 90 valence electrons. The van der Waals surface area contributed by atoms with Gasteiger partial charge in [0, 0.05) is 7.11 Å². The van der Waals surface area contributed by atoms with Gasteiger partial charge in [-0.2, -0.15) is 4.98 Å². The van der Waals surface area contributed by atoms with Gasteiger partial charge in [0.05, 0.1) is 7.11 Å². The van der Waals surface area contributed by atoms with Gasteiger partial charge in [-0.1, -0.05) is 18.5 Å². The lowest BCUT2D eigenvalue weighted by atomic mass is 10.2. The molecule has 1 rings (SSSR count). The fourth-order valence-electron chi connectivity index (χ4n) is 1.28. The zero-order valence-electron chi connectivity index (χ0n) is 9.73. The Morgan fingerprint density at radius 2 is 2.25 bits per heavy atom. The van der Waals surface area contributed by atoms with Crippen LogP contribution in [0.5, 0.6) is 0 Å². The molecule has 0 aliphatic heterocycles. The van der Waals surface area contributed by atoms with Gasteiger partial charge < -0.3 is 14.0 Å². The second kappa shape index (κ2) is 6.22. The number of ether oxygens (including phenoxy) is 2. The molecule has 0 bridgehead atoms. The quantitative estimate of drug-likeness (QED) is 0.682. The zero-order chi connectivity index (χ0) is 12.0. The van der Waals surface area contributed by atoms with Crippen molar-refractivity contribution in [2.45, 2.75) is 32.3 Å². The first-order valence-corrected chi connectivity index (χ1v) is 5.13. The van der Waals surface area contributed by atoms with E-state index in [1.807, 2.05) is 6.92 Å². The lowest BCUT2D eigenvalue weighted by Crippen LogP contribution is -2.06. The number of nitrogens with zero attached hydrogens (tertiary/aromatic N) is 2. The number of esters is 1. The molecule has 0 aromatic carbocycles. The van der Waals surface area contributed by atoms with Gasteiger partial charge in [0.25, 0.3) is 0 Å². The normalized spacial score (nSPS) is 12.4. The Balaban J connectivity index is 2.65. The van der Waals surface area contributed by atoms with Crippen LogP contribution in [0.15, 0.2) is 4.52 Å². The van der Waals surface area contributed by atoms with Crippen LogP contribution >= 0.6 is 0 Å². The molecule has 6 nitrogen and oxygen atoms in total. The van der Waals surface area contributed by atoms with Crippen LogP contribution in [0.25, 0.3) is 0 Å². The molecule has 1 unspecified atom stereocenters. The number of hydrogen-bond donors (Lipinski definition) is 0. The summed E-state index contributed by atoms with van der Waals surface area (Å²) < 4.78 is 14.6. The fraction of sp³-hybridized carbons (Fsp3) is 0.700. The van der Waals surface area contributed by atoms with E-state index in [2.05, 4.69) is 14.9 Å². The molecule has 6 heteroatoms. The van der Waals surface area contributed by atoms with Crippen LogP contribution in [-0.2, 0) is 20.7 Å². The van der Waals surface area contributed by atoms with Crippen molar-refractivity contribution in [3.05, 3.63) is 11.7 Å². The van der Waals surface area contributed by atoms with Gasteiger partial charge in [0.15, 0.2) is 0 Å². The largest absolute Gasteiger partial charge is 0.469 e. The molecule has 0 fully saturated rings. The molecule has 0 amide bonds. The molecule has 0 saturated heterocycles. The maximum Gasteiger partial charge on any atom is 0.315 e. The molecule has 1 aromatic rings. The molecule has 0 radical (unpaired) electrons. The first kappa shape index (κ1) is 12.6. The Morgan fingerprint density at radius 3 is 2.81 bits per heavy atom. The summed E-state index contributed by atoms with van der Waals surface area (Å²) in [6.07, 6.45) is 1.58. The van der Waals surface area contributed by atoms with Gasteiger partial charge in [-0.25, -0.2) is 0 Å². The van der Waals surface area contributed by atoms with Gasteiger partial charge in [0.2, 0.25) is 11.7 Å². The standard InChI is InChI=1S/C10H16N2O4/c1-4-5-7(14-2)10-11-8(16-12-10)6-9(13)15-3/h7H,4-6H2,1-3H3. The van der Waals surface area contributed by atoms with Crippen molar-refractivity contribution in [1.29, 1.82) is 0 Å². The summed E-state index contributed by atoms with van der Waals surface area (Å²) in [4.78, 5) is 15.1. The number of methoxy groups -OCH3 is 2. The highest BCUT2D eigenvalue weighted by molar-refractivity contribution is 5.70. The maximum absolute atomic E-state index is 11.0. The summed E-state index contributed by atoms with van der Waals surface area (Å²) in [5.41, 5.74) is 0. The molecule has 0 aliphatic rings. The van der Waals surface area contributed by atoms with Crippen molar-refractivity contribution >= 4 is 5.97 Å². The van der Waals surface area contributed by atoms with Crippen LogP contribution in [0.3, 0.4) is 0 Å². The predicted octanol–water partition coefficient (Wildman–Crippen LogP) is 1.27. The van der Waals surface area contributed by atoms with E-state index < -0.39 is 5.97 Å². The average Bonchev–Trinajstić information content (AvgIpc) is 2.74. The van der Waals surface area contributed by atoms with E-state index in [0.29, 0.717) is 5.82 Å². The molecule has 1 atom stereocenters. The maximum atomic E-state index is 11.0. The molecular formula is C10H16N2O4. The molecule has 16 heavy (non-hydrogen) atoms. The Kier molecular flexibility index (Phi) is 4.91. The summed E-state index contributed by atoms with van der Waals surface area (Å²) in [6.45, 7) is 2.04. The lowest BCUT2D eigenvalue weighted by Gasteiger charge is -2.08. The van der Waals surface area contributed by atoms with Crippen molar-refractivity contribution in [3.63, 3.8) is 0 Å². The summed E-state index contributed by atoms with van der Waals surface area (Å²) in [6, 6.07) is 0. The number of aromatic nitrogens is 2. The van der Waals surface area contributed by atoms with Gasteiger partial charge in [0.1, 0.15) is 12.5 Å². The van der Waals surface area contributed by atoms with E-state index in [1.165, 1.54) is 7.11 Å². The minimum atomic E-state index is -0.403. The summed E-state index contributed by atoms with van der Waals surface area (Å²) in [7, 11) is 2.91. The second-order valence-corrected chi connectivity index (χ2v) is 3.31. The van der Waals surface area contributed by atoms with Crippen molar-refractivity contribution < 1.29 is 18.8 Å². The van der Waals surface area contributed by atoms with Crippen LogP contribution in [0, 0.1) is 0 Å². The van der Waals surface area contributed by atoms with E-state index in [-0.39, 0.29) is 18.4 Å². The molecule has 0 aliphatic carbocycles. The number of rotatable bonds is 6. The molecule has 1 heterocycles. The van der Waals surface area contributed by atoms with Crippen LogP contribution < -0.4 is 0 Å². The van der Waals surface area contributed by atoms with Crippen LogP contribution in [0.2, 0.25) is 0 Å². The van der Waals surface area contributed by atoms with Crippen molar-refractivity contribution in [2.24, 2.45) is 0 Å². The lowest BCUT2D eigenvalue weighted by molar-refractivity contribution is -0.140. The number of carbonyl (C=O) groups excluding carboxylic acids is 1. The van der Waals surface area contributed by atoms with Crippen molar-refractivity contribution in [2.75, 3.05) is 14.2 Å². The topological polar surface area (TPSA) is 74.5 Å². The third kappa shape index (κ3) is 3.30. The second-order valence-electron chi connectivity index (χ2n) is 3.31. The zero-order valence-corrected chi connectivity index (χ0v) is 9.73. The van der Waals surface area contributed by atoms with Gasteiger partial charge in [-0.3, -0.25) is 4.79 Å². The minimum Gasteiger partial charge on any atom is -0.469 e. The molecule has 1 aromatic heterocycles. The van der Waals surface area contributed by atoms with E-state index >= 15 is 0 Å². The third-order valence-electron chi connectivity index (χ3n) is 2.13. The smallest absolute Gasteiger partial charge is 0.315 e. The summed E-state index contributed by atoms with van der Waals surface area (Å²) in [5, 5.41) is 3.77. The Bertz CT molecular complexity index is 337. The van der Waals surface area contributed by atoms with E-state index in [4.69, 9.17) is 9.26 Å². The predicted molar refractivity (Wildman–Crippen MR) is 54.7 cm³/mol. The fourth-order valence-corrected chi connectivity index (χ4v) is 1.28. The highest BCUT2D eigenvalue weighted by Crippen LogP contribution is 2.18. The third-order valence-corrected chi connectivity index (χ3v) is 2.13. The summed E-state index contributed by atoms with van der Waals surface area (Å²) in [5.74, 6) is 0.322. The highest BCUT2D eigenvalue weighted by Gasteiger charge is 2.18. The Hall–Kier alpha value is -1.43. The number of hydrogen-bond acceptors (Lipinski definition) is 6. The number of carbonyl (C=O) groups is 1. The first-order valence-electron chi connectivity index (χ1n) is 5.13. The van der Waals surface area contributed by atoms with E-state index in [0.717, 1.165) is 12.8 Å². The van der Waals surface area contributed by atoms with Gasteiger partial charge in [-0.05, 0) is 6.42 Å². The van der Waals surface area contributed by atoms with Crippen molar-refractivity contribution in [1.82, 2.24) is 10.1 Å².